The van der Waals surface area contributed by atoms with Crippen LogP contribution in [-0.4, -0.2) is 24.5 Å². The van der Waals surface area contributed by atoms with Gasteiger partial charge in [0.25, 0.3) is 5.91 Å². The van der Waals surface area contributed by atoms with Crippen molar-refractivity contribution in [2.45, 2.75) is 39.2 Å². The lowest BCUT2D eigenvalue weighted by atomic mass is 10.1. The molecule has 2 aromatic rings. The zero-order valence-electron chi connectivity index (χ0n) is 14.2. The highest BCUT2D eigenvalue weighted by Gasteiger charge is 2.15. The maximum Gasteiger partial charge on any atom is 0.336 e. The summed E-state index contributed by atoms with van der Waals surface area (Å²) in [4.78, 5) is 33.9. The summed E-state index contributed by atoms with van der Waals surface area (Å²) in [6.45, 7) is 3.54. The highest BCUT2D eigenvalue weighted by atomic mass is 16.5. The standard InChI is InChI=1S/C18H21NO6/c1-3-4-12-9-17(22)25-15-10-13(5-6-14(12)15)24-11(2)18(23)19-8-7-16(20)21/h5-6,9-11H,3-4,7-8H2,1-2H3,(H,19,23)(H,20,21)/p-1/t11-/m1/s1. The molecular formula is C18H20NO6-. The first-order valence-corrected chi connectivity index (χ1v) is 8.11. The van der Waals surface area contributed by atoms with Crippen molar-refractivity contribution in [1.82, 2.24) is 5.32 Å². The molecule has 1 N–H and O–H groups in total. The van der Waals surface area contributed by atoms with E-state index in [0.717, 1.165) is 23.8 Å². The van der Waals surface area contributed by atoms with E-state index in [9.17, 15) is 19.5 Å². The van der Waals surface area contributed by atoms with Crippen molar-refractivity contribution < 1.29 is 23.8 Å². The summed E-state index contributed by atoms with van der Waals surface area (Å²) in [7, 11) is 0. The van der Waals surface area contributed by atoms with Crippen LogP contribution in [0.15, 0.2) is 33.5 Å². The normalized spacial score (nSPS) is 11.9. The molecule has 1 atom stereocenters. The van der Waals surface area contributed by atoms with Crippen molar-refractivity contribution in [3.05, 3.63) is 40.2 Å². The van der Waals surface area contributed by atoms with Crippen LogP contribution in [0.2, 0.25) is 0 Å². The summed E-state index contributed by atoms with van der Waals surface area (Å²) in [6.07, 6.45) is 0.573. The van der Waals surface area contributed by atoms with E-state index >= 15 is 0 Å². The van der Waals surface area contributed by atoms with Crippen molar-refractivity contribution in [1.29, 1.82) is 0 Å². The molecule has 134 valence electrons. The molecule has 0 aliphatic carbocycles. The molecule has 25 heavy (non-hydrogen) atoms. The van der Waals surface area contributed by atoms with Gasteiger partial charge in [-0.05, 0) is 31.0 Å². The number of carbonyl (C=O) groups is 2. The molecule has 0 aliphatic heterocycles. The molecule has 0 saturated carbocycles. The summed E-state index contributed by atoms with van der Waals surface area (Å²) in [6, 6.07) is 6.55. The second kappa shape index (κ2) is 8.32. The molecule has 7 heteroatoms. The van der Waals surface area contributed by atoms with Gasteiger partial charge in [0.05, 0.1) is 0 Å². The van der Waals surface area contributed by atoms with Crippen molar-refractivity contribution in [3.8, 4) is 5.75 Å². The summed E-state index contributed by atoms with van der Waals surface area (Å²) < 4.78 is 10.8. The largest absolute Gasteiger partial charge is 0.550 e. The lowest BCUT2D eigenvalue weighted by molar-refractivity contribution is -0.305. The minimum Gasteiger partial charge on any atom is -0.550 e. The van der Waals surface area contributed by atoms with Crippen LogP contribution in [0.1, 0.15) is 32.3 Å². The Labute approximate surface area is 144 Å². The van der Waals surface area contributed by atoms with Gasteiger partial charge in [0.15, 0.2) is 6.10 Å². The van der Waals surface area contributed by atoms with Crippen molar-refractivity contribution in [2.75, 3.05) is 6.54 Å². The van der Waals surface area contributed by atoms with Gasteiger partial charge in [-0.2, -0.15) is 0 Å². The van der Waals surface area contributed by atoms with Crippen LogP contribution in [0, 0.1) is 0 Å². The van der Waals surface area contributed by atoms with Crippen LogP contribution in [-0.2, 0) is 16.0 Å². The number of amides is 1. The van der Waals surface area contributed by atoms with Crippen LogP contribution < -0.4 is 20.8 Å². The molecule has 0 saturated heterocycles. The number of ether oxygens (including phenoxy) is 1. The van der Waals surface area contributed by atoms with Crippen LogP contribution in [0.4, 0.5) is 0 Å². The van der Waals surface area contributed by atoms with E-state index in [4.69, 9.17) is 9.15 Å². The van der Waals surface area contributed by atoms with E-state index in [0.29, 0.717) is 11.3 Å². The first-order chi connectivity index (χ1) is 11.9. The monoisotopic (exact) mass is 346 g/mol. The number of aliphatic carboxylic acids is 1. The molecule has 0 radical (unpaired) electrons. The number of carboxylic acids is 1. The maximum atomic E-state index is 11.9. The van der Waals surface area contributed by atoms with Gasteiger partial charge in [0.2, 0.25) is 0 Å². The Morgan fingerprint density at radius 2 is 2.08 bits per heavy atom. The number of carbonyl (C=O) groups excluding carboxylic acids is 2. The fourth-order valence-corrected chi connectivity index (χ4v) is 2.45. The Balaban J connectivity index is 2.12. The average Bonchev–Trinajstić information content (AvgIpc) is 2.54. The molecule has 2 rings (SSSR count). The zero-order chi connectivity index (χ0) is 18.4. The highest BCUT2D eigenvalue weighted by Crippen LogP contribution is 2.24. The first kappa shape index (κ1) is 18.5. The Bertz CT molecular complexity index is 826. The van der Waals surface area contributed by atoms with Gasteiger partial charge in [-0.3, -0.25) is 4.79 Å². The molecule has 7 nitrogen and oxygen atoms in total. The molecule has 0 fully saturated rings. The molecule has 0 bridgehead atoms. The Morgan fingerprint density at radius 1 is 1.32 bits per heavy atom. The molecule has 0 aliphatic rings. The zero-order valence-corrected chi connectivity index (χ0v) is 14.2. The Morgan fingerprint density at radius 3 is 2.76 bits per heavy atom. The quantitative estimate of drug-likeness (QED) is 0.707. The minimum absolute atomic E-state index is 0.0260. The van der Waals surface area contributed by atoms with E-state index in [1.807, 2.05) is 6.92 Å². The predicted octanol–water partition coefficient (Wildman–Crippen LogP) is 0.769. The van der Waals surface area contributed by atoms with Gasteiger partial charge in [0.1, 0.15) is 11.3 Å². The third-order valence-electron chi connectivity index (χ3n) is 3.63. The number of carboxylic acid groups (broad SMARTS) is 1. The van der Waals surface area contributed by atoms with Crippen molar-refractivity contribution in [3.63, 3.8) is 0 Å². The fourth-order valence-electron chi connectivity index (χ4n) is 2.45. The third kappa shape index (κ3) is 5.07. The van der Waals surface area contributed by atoms with E-state index in [-0.39, 0.29) is 13.0 Å². The minimum atomic E-state index is -1.23. The number of aryl methyl sites for hydroxylation is 1. The second-order valence-corrected chi connectivity index (χ2v) is 5.67. The van der Waals surface area contributed by atoms with Gasteiger partial charge in [0, 0.05) is 36.5 Å². The Hall–Kier alpha value is -2.83. The molecule has 1 amide bonds. The van der Waals surface area contributed by atoms with Crippen LogP contribution in [0.3, 0.4) is 0 Å². The van der Waals surface area contributed by atoms with Crippen LogP contribution in [0.5, 0.6) is 5.75 Å². The van der Waals surface area contributed by atoms with E-state index in [1.54, 1.807) is 25.1 Å². The van der Waals surface area contributed by atoms with Crippen molar-refractivity contribution in [2.24, 2.45) is 0 Å². The van der Waals surface area contributed by atoms with Gasteiger partial charge in [-0.15, -0.1) is 0 Å². The summed E-state index contributed by atoms with van der Waals surface area (Å²) in [5, 5.41) is 13.6. The lowest BCUT2D eigenvalue weighted by Crippen LogP contribution is -2.38. The molecule has 1 aromatic heterocycles. The predicted molar refractivity (Wildman–Crippen MR) is 89.2 cm³/mol. The average molecular weight is 346 g/mol. The molecule has 1 heterocycles. The van der Waals surface area contributed by atoms with E-state index < -0.39 is 23.6 Å². The number of rotatable bonds is 8. The van der Waals surface area contributed by atoms with Gasteiger partial charge in [-0.1, -0.05) is 13.3 Å². The molecule has 0 unspecified atom stereocenters. The number of hydrogen-bond acceptors (Lipinski definition) is 6. The Kier molecular flexibility index (Phi) is 6.16. The molecule has 0 spiro atoms. The van der Waals surface area contributed by atoms with E-state index in [2.05, 4.69) is 5.32 Å². The van der Waals surface area contributed by atoms with Gasteiger partial charge >= 0.3 is 5.63 Å². The number of hydrogen-bond donors (Lipinski definition) is 1. The lowest BCUT2D eigenvalue weighted by Gasteiger charge is -2.15. The smallest absolute Gasteiger partial charge is 0.336 e. The van der Waals surface area contributed by atoms with Gasteiger partial charge in [-0.25, -0.2) is 4.79 Å². The summed E-state index contributed by atoms with van der Waals surface area (Å²) in [5.41, 5.74) is 0.882. The summed E-state index contributed by atoms with van der Waals surface area (Å²) in [5.74, 6) is -1.30. The topological polar surface area (TPSA) is 109 Å². The van der Waals surface area contributed by atoms with Crippen LogP contribution in [0.25, 0.3) is 11.0 Å². The SMILES string of the molecule is CCCc1cc(=O)oc2cc(O[C@H](C)C(=O)NCCC(=O)[O-])ccc12. The second-order valence-electron chi connectivity index (χ2n) is 5.67. The fraction of sp³-hybridized carbons (Fsp3) is 0.389. The maximum absolute atomic E-state index is 11.9. The van der Waals surface area contributed by atoms with Crippen molar-refractivity contribution >= 4 is 22.8 Å². The third-order valence-corrected chi connectivity index (χ3v) is 3.63. The van der Waals surface area contributed by atoms with E-state index in [1.165, 1.54) is 6.07 Å². The first-order valence-electron chi connectivity index (χ1n) is 8.11. The summed E-state index contributed by atoms with van der Waals surface area (Å²) >= 11 is 0. The van der Waals surface area contributed by atoms with Gasteiger partial charge < -0.3 is 24.4 Å². The molecule has 1 aromatic carbocycles. The number of nitrogens with one attached hydrogen (secondary N) is 1. The number of fused-ring (bicyclic) bond motifs is 1. The number of benzene rings is 1. The van der Waals surface area contributed by atoms with Crippen LogP contribution >= 0.6 is 0 Å². The molecular weight excluding hydrogens is 326 g/mol. The highest BCUT2D eigenvalue weighted by molar-refractivity contribution is 5.83.